The van der Waals surface area contributed by atoms with Crippen molar-refractivity contribution in [1.29, 1.82) is 0 Å². The summed E-state index contributed by atoms with van der Waals surface area (Å²) in [4.78, 5) is 12.5. The number of hydrogen-bond acceptors (Lipinski definition) is 5. The largest absolute Gasteiger partial charge is 0.494 e. The van der Waals surface area contributed by atoms with E-state index in [0.29, 0.717) is 18.7 Å². The highest BCUT2D eigenvalue weighted by atomic mass is 32.2. The lowest BCUT2D eigenvalue weighted by Crippen LogP contribution is -2.37. The maximum Gasteiger partial charge on any atom is 0.271 e. The Balaban J connectivity index is 1.40. The number of carbonyl (C=O) groups excluding carboxylic acids is 1. The van der Waals surface area contributed by atoms with Crippen LogP contribution in [0.4, 0.5) is 5.69 Å². The minimum Gasteiger partial charge on any atom is -0.494 e. The molecular formula is C22H24N4O4S. The van der Waals surface area contributed by atoms with Crippen LogP contribution < -0.4 is 14.4 Å². The van der Waals surface area contributed by atoms with Gasteiger partial charge in [0.25, 0.3) is 5.91 Å². The molecule has 2 aromatic carbocycles. The van der Waals surface area contributed by atoms with E-state index in [-0.39, 0.29) is 18.0 Å². The van der Waals surface area contributed by atoms with E-state index in [9.17, 15) is 13.2 Å². The van der Waals surface area contributed by atoms with Crippen molar-refractivity contribution < 1.29 is 17.9 Å². The molecule has 1 aliphatic rings. The average molecular weight is 441 g/mol. The SMILES string of the molecule is COc1ccc(C)cc1-n1ccc(C(=O)NCCS(=O)(=O)N2CCc3ccccc32)n1. The number of benzene rings is 2. The second-order valence-corrected chi connectivity index (χ2v) is 9.36. The van der Waals surface area contributed by atoms with Crippen molar-refractivity contribution in [2.24, 2.45) is 0 Å². The molecule has 4 rings (SSSR count). The molecule has 162 valence electrons. The first-order valence-corrected chi connectivity index (χ1v) is 11.6. The van der Waals surface area contributed by atoms with Crippen LogP contribution in [0.3, 0.4) is 0 Å². The van der Waals surface area contributed by atoms with E-state index in [1.54, 1.807) is 24.1 Å². The van der Waals surface area contributed by atoms with Gasteiger partial charge in [0, 0.05) is 19.3 Å². The van der Waals surface area contributed by atoms with Gasteiger partial charge in [0.1, 0.15) is 11.4 Å². The maximum atomic E-state index is 12.7. The number of amides is 1. The van der Waals surface area contributed by atoms with Crippen LogP contribution in [0.1, 0.15) is 21.6 Å². The molecule has 0 saturated carbocycles. The molecular weight excluding hydrogens is 416 g/mol. The van der Waals surface area contributed by atoms with E-state index in [2.05, 4.69) is 10.4 Å². The molecule has 1 aromatic heterocycles. The van der Waals surface area contributed by atoms with Gasteiger partial charge < -0.3 is 10.1 Å². The van der Waals surface area contributed by atoms with Crippen LogP contribution in [0.5, 0.6) is 5.75 Å². The predicted octanol–water partition coefficient (Wildman–Crippen LogP) is 2.31. The number of aromatic nitrogens is 2. The summed E-state index contributed by atoms with van der Waals surface area (Å²) in [5.41, 5.74) is 3.70. The number of hydrogen-bond donors (Lipinski definition) is 1. The Morgan fingerprint density at radius 3 is 2.77 bits per heavy atom. The number of anilines is 1. The minimum absolute atomic E-state index is 0.000456. The quantitative estimate of drug-likeness (QED) is 0.609. The number of carbonyl (C=O) groups is 1. The van der Waals surface area contributed by atoms with Gasteiger partial charge >= 0.3 is 0 Å². The second kappa shape index (κ2) is 8.43. The number of nitrogens with zero attached hydrogens (tertiary/aromatic N) is 3. The van der Waals surface area contributed by atoms with Gasteiger partial charge in [-0.1, -0.05) is 24.3 Å². The normalized spacial score (nSPS) is 13.2. The Hall–Kier alpha value is -3.33. The molecule has 0 saturated heterocycles. The topological polar surface area (TPSA) is 93.5 Å². The Morgan fingerprint density at radius 2 is 1.97 bits per heavy atom. The third-order valence-corrected chi connectivity index (χ3v) is 7.00. The Bertz CT molecular complexity index is 1220. The van der Waals surface area contributed by atoms with Gasteiger partial charge in [-0.05, 0) is 48.7 Å². The summed E-state index contributed by atoms with van der Waals surface area (Å²) in [6.45, 7) is 2.39. The van der Waals surface area contributed by atoms with E-state index in [1.807, 2.05) is 49.4 Å². The molecule has 9 heteroatoms. The number of para-hydroxylation sites is 1. The summed E-state index contributed by atoms with van der Waals surface area (Å²) < 4.78 is 33.9. The lowest BCUT2D eigenvalue weighted by molar-refractivity contribution is 0.0950. The van der Waals surface area contributed by atoms with Crippen molar-refractivity contribution in [1.82, 2.24) is 15.1 Å². The van der Waals surface area contributed by atoms with Gasteiger partial charge in [-0.2, -0.15) is 5.10 Å². The summed E-state index contributed by atoms with van der Waals surface area (Å²) in [7, 11) is -1.95. The predicted molar refractivity (Wildman–Crippen MR) is 118 cm³/mol. The zero-order valence-corrected chi connectivity index (χ0v) is 18.2. The highest BCUT2D eigenvalue weighted by Crippen LogP contribution is 2.29. The van der Waals surface area contributed by atoms with E-state index >= 15 is 0 Å². The summed E-state index contributed by atoms with van der Waals surface area (Å²) in [5.74, 6) is 0.0273. The lowest BCUT2D eigenvalue weighted by atomic mass is 10.2. The number of ether oxygens (including phenoxy) is 1. The van der Waals surface area contributed by atoms with Crippen LogP contribution in [0, 0.1) is 6.92 Å². The van der Waals surface area contributed by atoms with Gasteiger partial charge in [-0.3, -0.25) is 9.10 Å². The third kappa shape index (κ3) is 4.27. The molecule has 1 N–H and O–H groups in total. The van der Waals surface area contributed by atoms with Gasteiger partial charge in [-0.25, -0.2) is 13.1 Å². The number of nitrogens with one attached hydrogen (secondary N) is 1. The van der Waals surface area contributed by atoms with Gasteiger partial charge in [-0.15, -0.1) is 0 Å². The number of aryl methyl sites for hydroxylation is 1. The molecule has 3 aromatic rings. The van der Waals surface area contributed by atoms with Crippen LogP contribution >= 0.6 is 0 Å². The Kier molecular flexibility index (Phi) is 5.69. The monoisotopic (exact) mass is 440 g/mol. The fourth-order valence-corrected chi connectivity index (χ4v) is 5.08. The molecule has 0 unspecified atom stereocenters. The summed E-state index contributed by atoms with van der Waals surface area (Å²) in [6.07, 6.45) is 2.37. The first-order chi connectivity index (χ1) is 14.9. The molecule has 8 nitrogen and oxygen atoms in total. The van der Waals surface area contributed by atoms with Crippen molar-refractivity contribution in [3.05, 3.63) is 71.5 Å². The van der Waals surface area contributed by atoms with Gasteiger partial charge in [0.2, 0.25) is 10.0 Å². The van der Waals surface area contributed by atoms with Crippen molar-refractivity contribution in [2.45, 2.75) is 13.3 Å². The lowest BCUT2D eigenvalue weighted by Gasteiger charge is -2.19. The van der Waals surface area contributed by atoms with Gasteiger partial charge in [0.05, 0.1) is 18.6 Å². The summed E-state index contributed by atoms with van der Waals surface area (Å²) in [6, 6.07) is 14.7. The summed E-state index contributed by atoms with van der Waals surface area (Å²) >= 11 is 0. The van der Waals surface area contributed by atoms with E-state index < -0.39 is 15.9 Å². The first-order valence-electron chi connectivity index (χ1n) is 9.96. The third-order valence-electron chi connectivity index (χ3n) is 5.23. The smallest absolute Gasteiger partial charge is 0.271 e. The maximum absolute atomic E-state index is 12.7. The van der Waals surface area contributed by atoms with Crippen molar-refractivity contribution in [3.8, 4) is 11.4 Å². The van der Waals surface area contributed by atoms with E-state index in [4.69, 9.17) is 4.74 Å². The Morgan fingerprint density at radius 1 is 1.16 bits per heavy atom. The van der Waals surface area contributed by atoms with Crippen LogP contribution in [-0.4, -0.2) is 50.1 Å². The molecule has 0 atom stereocenters. The molecule has 0 aliphatic carbocycles. The standard InChI is InChI=1S/C22H24N4O4S/c1-16-7-8-21(30-2)20(15-16)25-12-10-18(24-25)22(27)23-11-14-31(28,29)26-13-9-17-5-3-4-6-19(17)26/h3-8,10,12,15H,9,11,13-14H2,1-2H3,(H,23,27). The number of fused-ring (bicyclic) bond motifs is 1. The highest BCUT2D eigenvalue weighted by molar-refractivity contribution is 7.92. The van der Waals surface area contributed by atoms with E-state index in [1.165, 1.54) is 4.31 Å². The zero-order chi connectivity index (χ0) is 22.0. The second-order valence-electron chi connectivity index (χ2n) is 7.34. The molecule has 0 radical (unpaired) electrons. The number of rotatable bonds is 7. The van der Waals surface area contributed by atoms with E-state index in [0.717, 1.165) is 22.5 Å². The number of methoxy groups -OCH3 is 1. The van der Waals surface area contributed by atoms with Crippen LogP contribution in [0.25, 0.3) is 5.69 Å². The van der Waals surface area contributed by atoms with Gasteiger partial charge in [0.15, 0.2) is 5.69 Å². The molecule has 1 aliphatic heterocycles. The molecule has 1 amide bonds. The van der Waals surface area contributed by atoms with Crippen LogP contribution in [0.15, 0.2) is 54.7 Å². The molecule has 2 heterocycles. The van der Waals surface area contributed by atoms with Crippen molar-refractivity contribution >= 4 is 21.6 Å². The van der Waals surface area contributed by atoms with Crippen molar-refractivity contribution in [2.75, 3.05) is 30.3 Å². The highest BCUT2D eigenvalue weighted by Gasteiger charge is 2.28. The molecule has 0 bridgehead atoms. The number of sulfonamides is 1. The summed E-state index contributed by atoms with van der Waals surface area (Å²) in [5, 5.41) is 6.97. The minimum atomic E-state index is -3.53. The van der Waals surface area contributed by atoms with Crippen LogP contribution in [0.2, 0.25) is 0 Å². The molecule has 31 heavy (non-hydrogen) atoms. The first kappa shape index (κ1) is 20.9. The zero-order valence-electron chi connectivity index (χ0n) is 17.4. The fourth-order valence-electron chi connectivity index (χ4n) is 3.65. The van der Waals surface area contributed by atoms with Crippen LogP contribution in [-0.2, 0) is 16.4 Å². The fraction of sp³-hybridized carbons (Fsp3) is 0.273. The Labute approximate surface area is 181 Å². The average Bonchev–Trinajstić information content (AvgIpc) is 3.41. The van der Waals surface area contributed by atoms with Crippen molar-refractivity contribution in [3.63, 3.8) is 0 Å². The molecule has 0 fully saturated rings. The molecule has 0 spiro atoms.